The Bertz CT molecular complexity index is 1190. The summed E-state index contributed by atoms with van der Waals surface area (Å²) < 4.78 is 12.5. The van der Waals surface area contributed by atoms with Crippen molar-refractivity contribution in [2.75, 3.05) is 18.7 Å². The van der Waals surface area contributed by atoms with Crippen LogP contribution in [0.15, 0.2) is 72.1 Å². The van der Waals surface area contributed by atoms with Crippen LogP contribution in [0.4, 0.5) is 5.69 Å². The minimum atomic E-state index is -0.737. The molecule has 1 N–H and O–H groups in total. The Hall–Kier alpha value is -4.14. The average molecular weight is 462 g/mol. The summed E-state index contributed by atoms with van der Waals surface area (Å²) in [6.07, 6.45) is 3.62. The van der Waals surface area contributed by atoms with E-state index in [1.54, 1.807) is 25.2 Å². The van der Waals surface area contributed by atoms with Gasteiger partial charge in [0.25, 0.3) is 0 Å². The third-order valence-electron chi connectivity index (χ3n) is 5.60. The third-order valence-corrected chi connectivity index (χ3v) is 5.60. The number of esters is 1. The summed E-state index contributed by atoms with van der Waals surface area (Å²) in [5.74, 6) is 0.453. The van der Waals surface area contributed by atoms with E-state index < -0.39 is 18.1 Å². The zero-order chi connectivity index (χ0) is 24.1. The Labute approximate surface area is 198 Å². The highest BCUT2D eigenvalue weighted by Crippen LogP contribution is 2.31. The van der Waals surface area contributed by atoms with Gasteiger partial charge in [-0.1, -0.05) is 36.4 Å². The largest absolute Gasteiger partial charge is 0.496 e. The number of hydrogen-bond acceptors (Lipinski definition) is 7. The monoisotopic (exact) mass is 461 g/mol. The van der Waals surface area contributed by atoms with Crippen LogP contribution in [-0.4, -0.2) is 46.9 Å². The SMILES string of the molecule is CCOC(=O)C1=NN(c2ccccc2)C(C(=O)NC(c2ccccc2OC)c2nccn2C)C1. The fourth-order valence-corrected chi connectivity index (χ4v) is 3.95. The van der Waals surface area contributed by atoms with E-state index in [1.165, 1.54) is 0 Å². The second kappa shape index (κ2) is 10.2. The number of benzene rings is 2. The Kier molecular flexibility index (Phi) is 6.91. The number of nitrogens with zero attached hydrogens (tertiary/aromatic N) is 4. The maximum absolute atomic E-state index is 13.7. The molecule has 0 saturated carbocycles. The van der Waals surface area contributed by atoms with Crippen molar-refractivity contribution in [3.63, 3.8) is 0 Å². The molecule has 2 aromatic carbocycles. The highest BCUT2D eigenvalue weighted by Gasteiger charge is 2.38. The molecule has 0 fully saturated rings. The number of imidazole rings is 1. The van der Waals surface area contributed by atoms with E-state index in [-0.39, 0.29) is 24.6 Å². The van der Waals surface area contributed by atoms with Crippen molar-refractivity contribution in [3.05, 3.63) is 78.4 Å². The molecule has 0 saturated heterocycles. The highest BCUT2D eigenvalue weighted by atomic mass is 16.5. The fraction of sp³-hybridized carbons (Fsp3) is 0.280. The lowest BCUT2D eigenvalue weighted by Gasteiger charge is -2.26. The first-order valence-electron chi connectivity index (χ1n) is 11.0. The molecule has 3 aromatic rings. The third kappa shape index (κ3) is 4.63. The van der Waals surface area contributed by atoms with Gasteiger partial charge in [0.1, 0.15) is 29.4 Å². The zero-order valence-corrected chi connectivity index (χ0v) is 19.3. The molecule has 176 valence electrons. The standard InChI is InChI=1S/C25H27N5O4/c1-4-34-25(32)19-16-20(30(28-19)17-10-6-5-7-11-17)24(31)27-22(23-26-14-15-29(23)2)18-12-8-9-13-21(18)33-3/h5-15,20,22H,4,16H2,1-3H3,(H,27,31). The van der Waals surface area contributed by atoms with Gasteiger partial charge in [0.2, 0.25) is 5.91 Å². The number of para-hydroxylation sites is 2. The van der Waals surface area contributed by atoms with Crippen LogP contribution in [0.5, 0.6) is 5.75 Å². The minimum Gasteiger partial charge on any atom is -0.496 e. The normalized spacial score (nSPS) is 16.0. The molecule has 1 aliphatic rings. The van der Waals surface area contributed by atoms with Crippen molar-refractivity contribution in [2.24, 2.45) is 12.1 Å². The summed E-state index contributed by atoms with van der Waals surface area (Å²) in [6.45, 7) is 1.96. The summed E-state index contributed by atoms with van der Waals surface area (Å²) in [6, 6.07) is 15.4. The van der Waals surface area contributed by atoms with Crippen molar-refractivity contribution < 1.29 is 19.1 Å². The average Bonchev–Trinajstić information content (AvgIpc) is 3.50. The molecule has 34 heavy (non-hydrogen) atoms. The Balaban J connectivity index is 1.67. The number of aryl methyl sites for hydroxylation is 1. The molecule has 0 radical (unpaired) electrons. The van der Waals surface area contributed by atoms with E-state index in [9.17, 15) is 9.59 Å². The van der Waals surface area contributed by atoms with Crippen LogP contribution in [0, 0.1) is 0 Å². The fourth-order valence-electron chi connectivity index (χ4n) is 3.95. The highest BCUT2D eigenvalue weighted by molar-refractivity contribution is 6.38. The van der Waals surface area contributed by atoms with E-state index in [0.29, 0.717) is 17.3 Å². The first-order valence-corrected chi connectivity index (χ1v) is 11.0. The van der Waals surface area contributed by atoms with Crippen LogP contribution in [-0.2, 0) is 21.4 Å². The lowest BCUT2D eigenvalue weighted by molar-refractivity contribution is -0.135. The molecule has 0 spiro atoms. The number of nitrogens with one attached hydrogen (secondary N) is 1. The molecule has 1 aromatic heterocycles. The van der Waals surface area contributed by atoms with E-state index in [4.69, 9.17) is 9.47 Å². The Morgan fingerprint density at radius 1 is 1.15 bits per heavy atom. The second-order valence-corrected chi connectivity index (χ2v) is 7.75. The van der Waals surface area contributed by atoms with Crippen LogP contribution in [0.2, 0.25) is 0 Å². The predicted octanol–water partition coefficient (Wildman–Crippen LogP) is 2.83. The lowest BCUT2D eigenvalue weighted by atomic mass is 10.0. The van der Waals surface area contributed by atoms with Gasteiger partial charge in [-0.3, -0.25) is 9.80 Å². The zero-order valence-electron chi connectivity index (χ0n) is 19.3. The number of aromatic nitrogens is 2. The summed E-state index contributed by atoms with van der Waals surface area (Å²) in [4.78, 5) is 30.6. The van der Waals surface area contributed by atoms with Crippen LogP contribution < -0.4 is 15.1 Å². The molecule has 0 bridgehead atoms. The van der Waals surface area contributed by atoms with Crippen molar-refractivity contribution >= 4 is 23.3 Å². The van der Waals surface area contributed by atoms with E-state index in [2.05, 4.69) is 15.4 Å². The molecule has 2 atom stereocenters. The van der Waals surface area contributed by atoms with Gasteiger partial charge in [-0.15, -0.1) is 0 Å². The molecule has 4 rings (SSSR count). The van der Waals surface area contributed by atoms with Crippen LogP contribution in [0.25, 0.3) is 0 Å². The summed E-state index contributed by atoms with van der Waals surface area (Å²) in [5.41, 5.74) is 1.67. The van der Waals surface area contributed by atoms with Crippen molar-refractivity contribution in [3.8, 4) is 5.75 Å². The maximum atomic E-state index is 13.7. The molecule has 2 unspecified atom stereocenters. The van der Waals surface area contributed by atoms with Crippen molar-refractivity contribution in [1.29, 1.82) is 0 Å². The molecule has 9 nitrogen and oxygen atoms in total. The number of hydrogen-bond donors (Lipinski definition) is 1. The van der Waals surface area contributed by atoms with Crippen LogP contribution in [0.1, 0.15) is 30.8 Å². The number of rotatable bonds is 8. The van der Waals surface area contributed by atoms with Gasteiger partial charge in [-0.05, 0) is 25.1 Å². The van der Waals surface area contributed by atoms with Crippen molar-refractivity contribution in [2.45, 2.75) is 25.4 Å². The summed E-state index contributed by atoms with van der Waals surface area (Å²) >= 11 is 0. The van der Waals surface area contributed by atoms with Gasteiger partial charge >= 0.3 is 5.97 Å². The van der Waals surface area contributed by atoms with E-state index in [1.807, 2.05) is 72.4 Å². The first kappa shape index (κ1) is 23.0. The van der Waals surface area contributed by atoms with Crippen LogP contribution in [0.3, 0.4) is 0 Å². The van der Waals surface area contributed by atoms with Crippen molar-refractivity contribution in [1.82, 2.24) is 14.9 Å². The van der Waals surface area contributed by atoms with Gasteiger partial charge < -0.3 is 19.4 Å². The molecular weight excluding hydrogens is 434 g/mol. The smallest absolute Gasteiger partial charge is 0.354 e. The number of amides is 1. The molecule has 1 amide bonds. The Morgan fingerprint density at radius 2 is 1.88 bits per heavy atom. The first-order chi connectivity index (χ1) is 16.5. The number of carbonyl (C=O) groups excluding carboxylic acids is 2. The predicted molar refractivity (Wildman–Crippen MR) is 128 cm³/mol. The number of ether oxygens (including phenoxy) is 2. The van der Waals surface area contributed by atoms with E-state index in [0.717, 1.165) is 5.56 Å². The summed E-state index contributed by atoms with van der Waals surface area (Å²) in [7, 11) is 3.45. The second-order valence-electron chi connectivity index (χ2n) is 7.75. The summed E-state index contributed by atoms with van der Waals surface area (Å²) in [5, 5.41) is 9.13. The van der Waals surface area contributed by atoms with Gasteiger partial charge in [-0.2, -0.15) is 5.10 Å². The lowest BCUT2D eigenvalue weighted by Crippen LogP contribution is -2.45. The van der Waals surface area contributed by atoms with Crippen LogP contribution >= 0.6 is 0 Å². The molecular formula is C25H27N5O4. The molecule has 0 aliphatic carbocycles. The molecule has 1 aliphatic heterocycles. The minimum absolute atomic E-state index is 0.124. The molecule has 9 heteroatoms. The Morgan fingerprint density at radius 3 is 2.56 bits per heavy atom. The quantitative estimate of drug-likeness (QED) is 0.518. The topological polar surface area (TPSA) is 98.1 Å². The van der Waals surface area contributed by atoms with E-state index >= 15 is 0 Å². The van der Waals surface area contributed by atoms with Gasteiger partial charge in [0.15, 0.2) is 0 Å². The number of anilines is 1. The number of hydrazone groups is 1. The van der Waals surface area contributed by atoms with Gasteiger partial charge in [0.05, 0.1) is 19.4 Å². The number of carbonyl (C=O) groups is 2. The molecule has 2 heterocycles. The maximum Gasteiger partial charge on any atom is 0.354 e. The van der Waals surface area contributed by atoms with Gasteiger partial charge in [-0.25, -0.2) is 9.78 Å². The number of methoxy groups -OCH3 is 1. The van der Waals surface area contributed by atoms with Gasteiger partial charge in [0, 0.05) is 31.4 Å².